The van der Waals surface area contributed by atoms with Gasteiger partial charge in [-0.3, -0.25) is 9.36 Å². The van der Waals surface area contributed by atoms with E-state index in [-0.39, 0.29) is 23.4 Å². The highest BCUT2D eigenvalue weighted by atomic mass is 16.3. The summed E-state index contributed by atoms with van der Waals surface area (Å²) in [5.74, 6) is 0. The van der Waals surface area contributed by atoms with Crippen LogP contribution in [-0.2, 0) is 20.6 Å². The van der Waals surface area contributed by atoms with Crippen LogP contribution in [0.3, 0.4) is 0 Å². The zero-order valence-electron chi connectivity index (χ0n) is 12.1. The van der Waals surface area contributed by atoms with E-state index in [2.05, 4.69) is 5.32 Å². The van der Waals surface area contributed by atoms with Gasteiger partial charge in [-0.1, -0.05) is 13.8 Å². The largest absolute Gasteiger partial charge is 0.394 e. The van der Waals surface area contributed by atoms with Crippen molar-refractivity contribution in [1.29, 1.82) is 0 Å². The van der Waals surface area contributed by atoms with Crippen molar-refractivity contribution in [2.24, 2.45) is 14.1 Å². The highest BCUT2D eigenvalue weighted by Crippen LogP contribution is 2.14. The topological polar surface area (TPSA) is 76.3 Å². The van der Waals surface area contributed by atoms with Crippen LogP contribution in [0.1, 0.15) is 32.3 Å². The molecule has 0 saturated carbocycles. The van der Waals surface area contributed by atoms with Crippen LogP contribution in [0.4, 0.5) is 0 Å². The third-order valence-electron chi connectivity index (χ3n) is 3.83. The summed E-state index contributed by atoms with van der Waals surface area (Å²) in [6, 6.07) is 0. The summed E-state index contributed by atoms with van der Waals surface area (Å²) in [6.45, 7) is 4.34. The van der Waals surface area contributed by atoms with E-state index in [1.165, 1.54) is 11.6 Å². The van der Waals surface area contributed by atoms with E-state index in [1.807, 2.05) is 13.8 Å². The van der Waals surface area contributed by atoms with Gasteiger partial charge in [0.15, 0.2) is 0 Å². The standard InChI is InChI=1S/C13H23N3O3/c1-5-13(6-2,9-17)14-7-10-8-15(3)12(19)16(4)11(10)18/h8,14,17H,5-7,9H2,1-4H3. The van der Waals surface area contributed by atoms with Crippen molar-refractivity contribution in [1.82, 2.24) is 14.5 Å². The first-order valence-electron chi connectivity index (χ1n) is 6.52. The van der Waals surface area contributed by atoms with Crippen molar-refractivity contribution in [3.63, 3.8) is 0 Å². The summed E-state index contributed by atoms with van der Waals surface area (Å²) in [4.78, 5) is 23.5. The molecule has 0 saturated heterocycles. The van der Waals surface area contributed by atoms with E-state index in [0.29, 0.717) is 12.1 Å². The van der Waals surface area contributed by atoms with Gasteiger partial charge in [-0.25, -0.2) is 4.79 Å². The minimum Gasteiger partial charge on any atom is -0.394 e. The van der Waals surface area contributed by atoms with Crippen LogP contribution in [0.2, 0.25) is 0 Å². The molecular formula is C13H23N3O3. The van der Waals surface area contributed by atoms with Crippen molar-refractivity contribution < 1.29 is 5.11 Å². The Morgan fingerprint density at radius 2 is 1.84 bits per heavy atom. The average molecular weight is 269 g/mol. The van der Waals surface area contributed by atoms with Crippen LogP contribution >= 0.6 is 0 Å². The molecule has 6 heteroatoms. The summed E-state index contributed by atoms with van der Waals surface area (Å²) >= 11 is 0. The van der Waals surface area contributed by atoms with Crippen molar-refractivity contribution in [2.45, 2.75) is 38.8 Å². The molecule has 0 unspecified atom stereocenters. The van der Waals surface area contributed by atoms with Gasteiger partial charge < -0.3 is 15.0 Å². The van der Waals surface area contributed by atoms with Crippen molar-refractivity contribution in [3.05, 3.63) is 32.6 Å². The molecule has 6 nitrogen and oxygen atoms in total. The Balaban J connectivity index is 3.02. The van der Waals surface area contributed by atoms with E-state index >= 15 is 0 Å². The Hall–Kier alpha value is -1.40. The quantitative estimate of drug-likeness (QED) is 0.745. The minimum atomic E-state index is -0.375. The number of hydrogen-bond donors (Lipinski definition) is 2. The summed E-state index contributed by atoms with van der Waals surface area (Å²) < 4.78 is 2.48. The van der Waals surface area contributed by atoms with Crippen LogP contribution < -0.4 is 16.6 Å². The number of nitrogens with zero attached hydrogens (tertiary/aromatic N) is 2. The van der Waals surface area contributed by atoms with Gasteiger partial charge in [0.2, 0.25) is 0 Å². The molecule has 0 radical (unpaired) electrons. The number of hydrogen-bond acceptors (Lipinski definition) is 4. The Bertz CT molecular complexity index is 533. The molecule has 0 bridgehead atoms. The zero-order chi connectivity index (χ0) is 14.6. The molecule has 1 rings (SSSR count). The first-order chi connectivity index (χ1) is 8.90. The second kappa shape index (κ2) is 6.16. The second-order valence-corrected chi connectivity index (χ2v) is 4.91. The molecule has 1 heterocycles. The molecule has 0 aromatic carbocycles. The number of aliphatic hydroxyl groups is 1. The molecular weight excluding hydrogens is 246 g/mol. The molecule has 0 spiro atoms. The first kappa shape index (κ1) is 15.7. The van der Waals surface area contributed by atoms with Crippen LogP contribution in [0.15, 0.2) is 15.8 Å². The maximum Gasteiger partial charge on any atom is 0.330 e. The number of rotatable bonds is 6. The summed E-state index contributed by atoms with van der Waals surface area (Å²) in [5.41, 5.74) is -0.494. The lowest BCUT2D eigenvalue weighted by atomic mass is 9.93. The summed E-state index contributed by atoms with van der Waals surface area (Å²) in [7, 11) is 3.08. The van der Waals surface area contributed by atoms with Gasteiger partial charge in [0.1, 0.15) is 0 Å². The molecule has 0 fully saturated rings. The van der Waals surface area contributed by atoms with Crippen molar-refractivity contribution in [2.75, 3.05) is 6.61 Å². The average Bonchev–Trinajstić information content (AvgIpc) is 2.43. The molecule has 2 N–H and O–H groups in total. The molecule has 0 aliphatic heterocycles. The van der Waals surface area contributed by atoms with Crippen molar-refractivity contribution in [3.8, 4) is 0 Å². The molecule has 0 atom stereocenters. The van der Waals surface area contributed by atoms with Crippen molar-refractivity contribution >= 4 is 0 Å². The zero-order valence-corrected chi connectivity index (χ0v) is 12.1. The van der Waals surface area contributed by atoms with Gasteiger partial charge in [-0.15, -0.1) is 0 Å². The summed E-state index contributed by atoms with van der Waals surface area (Å²) in [5, 5.41) is 12.7. The molecule has 1 aromatic rings. The maximum absolute atomic E-state index is 12.0. The van der Waals surface area contributed by atoms with E-state index in [1.54, 1.807) is 13.2 Å². The third kappa shape index (κ3) is 3.13. The lowest BCUT2D eigenvalue weighted by molar-refractivity contribution is 0.149. The molecule has 0 aliphatic carbocycles. The van der Waals surface area contributed by atoms with Crippen LogP contribution in [-0.4, -0.2) is 26.4 Å². The Kier molecular flexibility index (Phi) is 5.08. The fourth-order valence-electron chi connectivity index (χ4n) is 2.07. The number of nitrogens with one attached hydrogen (secondary N) is 1. The van der Waals surface area contributed by atoms with Gasteiger partial charge in [-0.05, 0) is 12.8 Å². The number of aromatic nitrogens is 2. The molecule has 0 amide bonds. The molecule has 0 aliphatic rings. The lowest BCUT2D eigenvalue weighted by Gasteiger charge is -2.30. The van der Waals surface area contributed by atoms with E-state index in [0.717, 1.165) is 17.4 Å². The second-order valence-electron chi connectivity index (χ2n) is 4.91. The van der Waals surface area contributed by atoms with Gasteiger partial charge in [0.25, 0.3) is 5.56 Å². The Morgan fingerprint density at radius 3 is 2.32 bits per heavy atom. The highest BCUT2D eigenvalue weighted by molar-refractivity contribution is 5.06. The lowest BCUT2D eigenvalue weighted by Crippen LogP contribution is -2.48. The third-order valence-corrected chi connectivity index (χ3v) is 3.83. The molecule has 108 valence electrons. The van der Waals surface area contributed by atoms with Gasteiger partial charge >= 0.3 is 5.69 Å². The predicted molar refractivity (Wildman–Crippen MR) is 74.2 cm³/mol. The number of aryl methyl sites for hydroxylation is 1. The van der Waals surface area contributed by atoms with E-state index in [9.17, 15) is 14.7 Å². The van der Waals surface area contributed by atoms with Crippen LogP contribution in [0.25, 0.3) is 0 Å². The first-order valence-corrected chi connectivity index (χ1v) is 6.52. The minimum absolute atomic E-state index is 0.0199. The van der Waals surface area contributed by atoms with Gasteiger partial charge in [-0.2, -0.15) is 0 Å². The monoisotopic (exact) mass is 269 g/mol. The fraction of sp³-hybridized carbons (Fsp3) is 0.692. The van der Waals surface area contributed by atoms with Crippen LogP contribution in [0, 0.1) is 0 Å². The molecule has 19 heavy (non-hydrogen) atoms. The number of aliphatic hydroxyl groups excluding tert-OH is 1. The maximum atomic E-state index is 12.0. The molecule has 1 aromatic heterocycles. The van der Waals surface area contributed by atoms with E-state index < -0.39 is 0 Å². The smallest absolute Gasteiger partial charge is 0.330 e. The predicted octanol–water partition coefficient (Wildman–Crippen LogP) is -0.275. The Labute approximate surface area is 112 Å². The van der Waals surface area contributed by atoms with E-state index in [4.69, 9.17) is 0 Å². The highest BCUT2D eigenvalue weighted by Gasteiger charge is 2.24. The van der Waals surface area contributed by atoms with Crippen LogP contribution in [0.5, 0.6) is 0 Å². The SMILES string of the molecule is CCC(CC)(CO)NCc1cn(C)c(=O)n(C)c1=O. The van der Waals surface area contributed by atoms with Gasteiger partial charge in [0, 0.05) is 37.9 Å². The fourth-order valence-corrected chi connectivity index (χ4v) is 2.07. The summed E-state index contributed by atoms with van der Waals surface area (Å²) in [6.07, 6.45) is 3.09. The normalized spacial score (nSPS) is 11.8. The van der Waals surface area contributed by atoms with Gasteiger partial charge in [0.05, 0.1) is 6.61 Å². The Morgan fingerprint density at radius 1 is 1.26 bits per heavy atom.